The largest absolute Gasteiger partial charge is 0.468 e. The number of nitrogens with two attached hydrogens (primary N) is 1. The van der Waals surface area contributed by atoms with Gasteiger partial charge in [-0.2, -0.15) is 0 Å². The van der Waals surface area contributed by atoms with E-state index in [1.807, 2.05) is 24.3 Å². The van der Waals surface area contributed by atoms with Crippen molar-refractivity contribution in [3.05, 3.63) is 29.8 Å². The third kappa shape index (κ3) is 4.44. The van der Waals surface area contributed by atoms with Crippen molar-refractivity contribution in [2.45, 2.75) is 19.3 Å². The van der Waals surface area contributed by atoms with Crippen molar-refractivity contribution in [3.8, 4) is 5.75 Å². The minimum absolute atomic E-state index is 0.173. The van der Waals surface area contributed by atoms with Crippen LogP contribution in [0.3, 0.4) is 0 Å². The van der Waals surface area contributed by atoms with Crippen LogP contribution in [-0.4, -0.2) is 19.2 Å². The summed E-state index contributed by atoms with van der Waals surface area (Å²) in [5, 5.41) is 7.19. The van der Waals surface area contributed by atoms with Gasteiger partial charge in [0.05, 0.1) is 12.4 Å². The Balaban J connectivity index is 1.70. The van der Waals surface area contributed by atoms with Crippen molar-refractivity contribution < 1.29 is 9.47 Å². The predicted molar refractivity (Wildman–Crippen MR) is 66.2 cm³/mol. The highest BCUT2D eigenvalue weighted by Gasteiger charge is 2.20. The highest BCUT2D eigenvalue weighted by atomic mass is 16.7. The van der Waals surface area contributed by atoms with E-state index in [0.717, 1.165) is 23.8 Å². The quantitative estimate of drug-likeness (QED) is 0.328. The van der Waals surface area contributed by atoms with Crippen molar-refractivity contribution in [2.24, 2.45) is 11.7 Å². The fraction of sp³-hybridized carbons (Fsp3) is 0.462. The molecule has 0 unspecified atom stereocenters. The molecule has 3 N–H and O–H groups in total. The van der Waals surface area contributed by atoms with Crippen LogP contribution in [0.15, 0.2) is 24.3 Å². The Kier molecular flexibility index (Phi) is 3.98. The summed E-state index contributed by atoms with van der Waals surface area (Å²) in [5.41, 5.74) is 6.34. The van der Waals surface area contributed by atoms with Crippen LogP contribution in [0, 0.1) is 11.3 Å². The zero-order chi connectivity index (χ0) is 12.1. The summed E-state index contributed by atoms with van der Waals surface area (Å²) in [6, 6.07) is 7.58. The van der Waals surface area contributed by atoms with Gasteiger partial charge in [0.25, 0.3) is 0 Å². The smallest absolute Gasteiger partial charge is 0.189 e. The first kappa shape index (κ1) is 11.9. The molecule has 0 radical (unpaired) electrons. The molecule has 92 valence electrons. The number of hydrogen-bond donors (Lipinski definition) is 2. The van der Waals surface area contributed by atoms with Gasteiger partial charge >= 0.3 is 0 Å². The lowest BCUT2D eigenvalue weighted by Crippen LogP contribution is -2.12. The monoisotopic (exact) mass is 234 g/mol. The third-order valence-electron chi connectivity index (χ3n) is 2.68. The summed E-state index contributed by atoms with van der Waals surface area (Å²) in [4.78, 5) is 0. The molecule has 2 rings (SSSR count). The molecule has 0 heterocycles. The molecule has 0 aliphatic heterocycles. The van der Waals surface area contributed by atoms with E-state index in [4.69, 9.17) is 20.6 Å². The number of hydrogen-bond acceptors (Lipinski definition) is 3. The molecule has 0 spiro atoms. The lowest BCUT2D eigenvalue weighted by Gasteiger charge is -2.07. The predicted octanol–water partition coefficient (Wildman–Crippen LogP) is 1.93. The van der Waals surface area contributed by atoms with Gasteiger partial charge in [-0.15, -0.1) is 0 Å². The van der Waals surface area contributed by atoms with E-state index in [9.17, 15) is 0 Å². The van der Waals surface area contributed by atoms with E-state index >= 15 is 0 Å². The van der Waals surface area contributed by atoms with Gasteiger partial charge in [0.2, 0.25) is 0 Å². The van der Waals surface area contributed by atoms with E-state index in [2.05, 4.69) is 0 Å². The van der Waals surface area contributed by atoms with Crippen molar-refractivity contribution in [1.82, 2.24) is 0 Å². The molecule has 1 aromatic carbocycles. The molecule has 17 heavy (non-hydrogen) atoms. The van der Waals surface area contributed by atoms with E-state index in [1.54, 1.807) is 0 Å². The van der Waals surface area contributed by atoms with Gasteiger partial charge in [-0.05, 0) is 36.5 Å². The van der Waals surface area contributed by atoms with E-state index in [0.29, 0.717) is 13.2 Å². The van der Waals surface area contributed by atoms with Gasteiger partial charge in [-0.3, -0.25) is 5.41 Å². The first-order valence-corrected chi connectivity index (χ1v) is 5.86. The summed E-state index contributed by atoms with van der Waals surface area (Å²) in [7, 11) is 0. The molecule has 0 atom stereocenters. The van der Waals surface area contributed by atoms with Crippen molar-refractivity contribution in [1.29, 1.82) is 5.41 Å². The number of ether oxygens (including phenoxy) is 2. The molecular weight excluding hydrogens is 216 g/mol. The SMILES string of the molecule is N=C(N)Cc1ccc(OCOCC2CC2)cc1. The summed E-state index contributed by atoms with van der Waals surface area (Å²) < 4.78 is 10.8. The summed E-state index contributed by atoms with van der Waals surface area (Å²) >= 11 is 0. The maximum Gasteiger partial charge on any atom is 0.189 e. The van der Waals surface area contributed by atoms with Crippen LogP contribution < -0.4 is 10.5 Å². The second-order valence-electron chi connectivity index (χ2n) is 4.42. The molecule has 0 bridgehead atoms. The molecule has 1 aliphatic rings. The number of amidine groups is 1. The maximum absolute atomic E-state index is 7.19. The van der Waals surface area contributed by atoms with Gasteiger partial charge in [-0.25, -0.2) is 0 Å². The lowest BCUT2D eigenvalue weighted by molar-refractivity contribution is 0.00997. The van der Waals surface area contributed by atoms with Crippen molar-refractivity contribution >= 4 is 5.84 Å². The minimum atomic E-state index is 0.173. The van der Waals surface area contributed by atoms with Gasteiger partial charge in [0.1, 0.15) is 5.75 Å². The summed E-state index contributed by atoms with van der Waals surface area (Å²) in [5.74, 6) is 1.72. The number of rotatable bonds is 7. The van der Waals surface area contributed by atoms with Crippen molar-refractivity contribution in [2.75, 3.05) is 13.4 Å². The molecule has 4 nitrogen and oxygen atoms in total. The van der Waals surface area contributed by atoms with Crippen LogP contribution in [0.1, 0.15) is 18.4 Å². The molecule has 1 aliphatic carbocycles. The molecule has 1 aromatic rings. The Labute approximate surface area is 101 Å². The van der Waals surface area contributed by atoms with Crippen LogP contribution >= 0.6 is 0 Å². The van der Waals surface area contributed by atoms with Crippen LogP contribution in [0.5, 0.6) is 5.75 Å². The topological polar surface area (TPSA) is 68.3 Å². The fourth-order valence-corrected chi connectivity index (χ4v) is 1.53. The highest BCUT2D eigenvalue weighted by molar-refractivity contribution is 5.79. The Morgan fingerprint density at radius 2 is 2.00 bits per heavy atom. The average molecular weight is 234 g/mol. The molecule has 0 saturated heterocycles. The molecule has 0 aromatic heterocycles. The minimum Gasteiger partial charge on any atom is -0.468 e. The Morgan fingerprint density at radius 1 is 1.29 bits per heavy atom. The van der Waals surface area contributed by atoms with Gasteiger partial charge in [-0.1, -0.05) is 12.1 Å². The average Bonchev–Trinajstić information content (AvgIpc) is 3.10. The van der Waals surface area contributed by atoms with Crippen LogP contribution in [0.2, 0.25) is 0 Å². The number of nitrogens with one attached hydrogen (secondary N) is 1. The standard InChI is InChI=1S/C13H18N2O2/c14-13(15)7-10-3-5-12(6-4-10)17-9-16-8-11-1-2-11/h3-6,11H,1-2,7-9H2,(H3,14,15). The third-order valence-corrected chi connectivity index (χ3v) is 2.68. The summed E-state index contributed by atoms with van der Waals surface area (Å²) in [6.45, 7) is 1.12. The normalized spacial score (nSPS) is 14.6. The Morgan fingerprint density at radius 3 is 2.59 bits per heavy atom. The second kappa shape index (κ2) is 5.68. The molecule has 0 amide bonds. The zero-order valence-corrected chi connectivity index (χ0v) is 9.82. The molecule has 1 fully saturated rings. The fourth-order valence-electron chi connectivity index (χ4n) is 1.53. The lowest BCUT2D eigenvalue weighted by atomic mass is 10.1. The van der Waals surface area contributed by atoms with Crippen LogP contribution in [-0.2, 0) is 11.2 Å². The van der Waals surface area contributed by atoms with Crippen LogP contribution in [0.4, 0.5) is 0 Å². The Hall–Kier alpha value is -1.55. The van der Waals surface area contributed by atoms with Crippen LogP contribution in [0.25, 0.3) is 0 Å². The van der Waals surface area contributed by atoms with E-state index < -0.39 is 0 Å². The molecule has 4 heteroatoms. The maximum atomic E-state index is 7.19. The first-order valence-electron chi connectivity index (χ1n) is 5.86. The zero-order valence-electron chi connectivity index (χ0n) is 9.82. The molecular formula is C13H18N2O2. The first-order chi connectivity index (χ1) is 8.24. The van der Waals surface area contributed by atoms with Crippen molar-refractivity contribution in [3.63, 3.8) is 0 Å². The second-order valence-corrected chi connectivity index (χ2v) is 4.42. The van der Waals surface area contributed by atoms with Gasteiger partial charge in [0, 0.05) is 6.42 Å². The number of benzene rings is 1. The van der Waals surface area contributed by atoms with E-state index in [1.165, 1.54) is 12.8 Å². The highest BCUT2D eigenvalue weighted by Crippen LogP contribution is 2.28. The molecule has 1 saturated carbocycles. The Bertz CT molecular complexity index is 372. The van der Waals surface area contributed by atoms with Gasteiger partial charge in [0.15, 0.2) is 6.79 Å². The van der Waals surface area contributed by atoms with E-state index in [-0.39, 0.29) is 5.84 Å². The summed E-state index contributed by atoms with van der Waals surface area (Å²) in [6.07, 6.45) is 3.07. The van der Waals surface area contributed by atoms with Gasteiger partial charge < -0.3 is 15.2 Å².